The Balaban J connectivity index is 1.46. The maximum atomic E-state index is 13.3. The lowest BCUT2D eigenvalue weighted by atomic mass is 9.86. The molecule has 0 aromatic heterocycles. The van der Waals surface area contributed by atoms with Crippen LogP contribution in [0.25, 0.3) is 0 Å². The molecule has 1 heterocycles. The zero-order chi connectivity index (χ0) is 21.6. The lowest BCUT2D eigenvalue weighted by Gasteiger charge is -2.32. The van der Waals surface area contributed by atoms with Crippen molar-refractivity contribution in [2.24, 2.45) is 34.8 Å². The van der Waals surface area contributed by atoms with Crippen LogP contribution in [-0.2, 0) is 19.2 Å². The van der Waals surface area contributed by atoms with Crippen LogP contribution in [0.15, 0.2) is 0 Å². The van der Waals surface area contributed by atoms with Gasteiger partial charge in [0.15, 0.2) is 0 Å². The normalized spacial score (nSPS) is 31.0. The molecule has 3 amide bonds. The number of hydrogen-bond acceptors (Lipinski definition) is 4. The zero-order valence-corrected chi connectivity index (χ0v) is 18.2. The number of fused-ring (bicyclic) bond motifs is 1. The van der Waals surface area contributed by atoms with Crippen LogP contribution in [0.3, 0.4) is 0 Å². The number of carbonyl (C=O) groups excluding carboxylic acids is 4. The Morgan fingerprint density at radius 3 is 2.30 bits per heavy atom. The number of likely N-dealkylation sites (tertiary alicyclic amines) is 1. The van der Waals surface area contributed by atoms with Gasteiger partial charge in [-0.15, -0.1) is 0 Å². The lowest BCUT2D eigenvalue weighted by Crippen LogP contribution is -2.55. The number of nitrogens with one attached hydrogen (secondary N) is 1. The first-order valence-electron chi connectivity index (χ1n) is 11.6. The number of hydrogen-bond donors (Lipinski definition) is 2. The highest BCUT2D eigenvalue weighted by Gasteiger charge is 2.69. The second-order valence-electron chi connectivity index (χ2n) is 10.6. The summed E-state index contributed by atoms with van der Waals surface area (Å²) < 4.78 is 0. The molecule has 4 fully saturated rings. The van der Waals surface area contributed by atoms with E-state index in [0.29, 0.717) is 37.1 Å². The van der Waals surface area contributed by atoms with Gasteiger partial charge >= 0.3 is 0 Å². The highest BCUT2D eigenvalue weighted by Crippen LogP contribution is 2.65. The van der Waals surface area contributed by atoms with E-state index in [1.54, 1.807) is 4.90 Å². The van der Waals surface area contributed by atoms with E-state index >= 15 is 0 Å². The van der Waals surface area contributed by atoms with Crippen LogP contribution < -0.4 is 11.1 Å². The summed E-state index contributed by atoms with van der Waals surface area (Å²) in [4.78, 5) is 51.9. The largest absolute Gasteiger partial charge is 0.363 e. The van der Waals surface area contributed by atoms with Gasteiger partial charge in [0, 0.05) is 13.0 Å². The third kappa shape index (κ3) is 4.12. The summed E-state index contributed by atoms with van der Waals surface area (Å²) in [7, 11) is 0. The van der Waals surface area contributed by atoms with E-state index in [0.717, 1.165) is 25.7 Å². The van der Waals surface area contributed by atoms with Gasteiger partial charge in [0.05, 0.1) is 6.04 Å². The first kappa shape index (κ1) is 21.3. The van der Waals surface area contributed by atoms with Crippen LogP contribution in [0, 0.1) is 29.1 Å². The molecule has 0 spiro atoms. The molecular formula is C23H35N3O4. The van der Waals surface area contributed by atoms with Crippen LogP contribution in [0.2, 0.25) is 0 Å². The molecule has 0 radical (unpaired) electrons. The average molecular weight is 418 g/mol. The topological polar surface area (TPSA) is 110 Å². The van der Waals surface area contributed by atoms with E-state index < -0.39 is 23.8 Å². The van der Waals surface area contributed by atoms with Gasteiger partial charge in [0.2, 0.25) is 17.6 Å². The second kappa shape index (κ2) is 7.97. The Morgan fingerprint density at radius 1 is 1.03 bits per heavy atom. The van der Waals surface area contributed by atoms with Crippen molar-refractivity contribution in [3.05, 3.63) is 0 Å². The number of Topliss-reactive ketones (excluding diaryl/α,β-unsaturated/α-hetero) is 1. The maximum absolute atomic E-state index is 13.3. The molecule has 4 aliphatic rings. The number of carbonyl (C=O) groups is 4. The van der Waals surface area contributed by atoms with Gasteiger partial charge in [0.1, 0.15) is 6.04 Å². The van der Waals surface area contributed by atoms with Gasteiger partial charge in [-0.1, -0.05) is 46.0 Å². The monoisotopic (exact) mass is 417 g/mol. The molecule has 4 unspecified atom stereocenters. The summed E-state index contributed by atoms with van der Waals surface area (Å²) in [5.41, 5.74) is 5.23. The van der Waals surface area contributed by atoms with Gasteiger partial charge < -0.3 is 16.0 Å². The van der Waals surface area contributed by atoms with E-state index in [1.165, 1.54) is 19.3 Å². The number of nitrogens with zero attached hydrogens (tertiary/aromatic N) is 1. The van der Waals surface area contributed by atoms with Crippen LogP contribution >= 0.6 is 0 Å². The van der Waals surface area contributed by atoms with Crippen molar-refractivity contribution in [3.63, 3.8) is 0 Å². The molecule has 0 bridgehead atoms. The van der Waals surface area contributed by atoms with Crippen molar-refractivity contribution in [1.82, 2.24) is 10.2 Å². The van der Waals surface area contributed by atoms with E-state index in [4.69, 9.17) is 5.73 Å². The van der Waals surface area contributed by atoms with E-state index in [9.17, 15) is 19.2 Å². The number of piperidine rings is 1. The molecule has 4 rings (SSSR count). The smallest absolute Gasteiger partial charge is 0.287 e. The van der Waals surface area contributed by atoms with E-state index in [1.807, 2.05) is 0 Å². The summed E-state index contributed by atoms with van der Waals surface area (Å²) in [6.45, 7) is 4.89. The van der Waals surface area contributed by atoms with Crippen LogP contribution in [0.4, 0.5) is 0 Å². The van der Waals surface area contributed by atoms with E-state index in [2.05, 4.69) is 19.2 Å². The van der Waals surface area contributed by atoms with Crippen molar-refractivity contribution >= 4 is 23.5 Å². The Kier molecular flexibility index (Phi) is 5.66. The average Bonchev–Trinajstić information content (AvgIpc) is 3.54. The summed E-state index contributed by atoms with van der Waals surface area (Å²) in [5.74, 6) is -0.789. The number of amides is 3. The molecule has 0 aromatic rings. The molecule has 4 atom stereocenters. The second-order valence-corrected chi connectivity index (χ2v) is 10.6. The molecular weight excluding hydrogens is 382 g/mol. The highest BCUT2D eigenvalue weighted by molar-refractivity contribution is 6.37. The van der Waals surface area contributed by atoms with Gasteiger partial charge in [0.25, 0.3) is 5.91 Å². The molecule has 3 N–H and O–H groups in total. The summed E-state index contributed by atoms with van der Waals surface area (Å²) >= 11 is 0. The van der Waals surface area contributed by atoms with Gasteiger partial charge in [-0.25, -0.2) is 0 Å². The number of nitrogens with two attached hydrogens (primary N) is 1. The first-order valence-corrected chi connectivity index (χ1v) is 11.6. The first-order chi connectivity index (χ1) is 14.2. The molecule has 7 heteroatoms. The molecule has 30 heavy (non-hydrogen) atoms. The summed E-state index contributed by atoms with van der Waals surface area (Å²) in [6.07, 6.45) is 8.75. The van der Waals surface area contributed by atoms with Crippen molar-refractivity contribution < 1.29 is 19.2 Å². The fourth-order valence-corrected chi connectivity index (χ4v) is 5.95. The van der Waals surface area contributed by atoms with Gasteiger partial charge in [-0.05, 0) is 48.3 Å². The summed E-state index contributed by atoms with van der Waals surface area (Å²) in [6, 6.07) is -1.43. The quantitative estimate of drug-likeness (QED) is 0.587. The zero-order valence-electron chi connectivity index (χ0n) is 18.2. The van der Waals surface area contributed by atoms with E-state index in [-0.39, 0.29) is 23.1 Å². The molecule has 1 saturated heterocycles. The minimum atomic E-state index is -1.01. The minimum Gasteiger partial charge on any atom is -0.363 e. The third-order valence-corrected chi connectivity index (χ3v) is 8.13. The maximum Gasteiger partial charge on any atom is 0.287 e. The fraction of sp³-hybridized carbons (Fsp3) is 0.826. The predicted octanol–water partition coefficient (Wildman–Crippen LogP) is 1.78. The van der Waals surface area contributed by atoms with Crippen molar-refractivity contribution in [1.29, 1.82) is 0 Å². The molecule has 166 valence electrons. The summed E-state index contributed by atoms with van der Waals surface area (Å²) in [5, 5.41) is 2.81. The Morgan fingerprint density at radius 2 is 1.70 bits per heavy atom. The van der Waals surface area contributed by atoms with Crippen molar-refractivity contribution in [2.75, 3.05) is 6.54 Å². The third-order valence-electron chi connectivity index (χ3n) is 8.13. The molecule has 1 aliphatic heterocycles. The van der Waals surface area contributed by atoms with Crippen LogP contribution in [-0.4, -0.2) is 47.0 Å². The SMILES string of the molecule is CC1(C)C2CN(C(=O)CC3CCCCC3)C(C(=O)NC(CC3CC3)C(=O)C(N)=O)C21. The predicted molar refractivity (Wildman–Crippen MR) is 111 cm³/mol. The fourth-order valence-electron chi connectivity index (χ4n) is 5.95. The Bertz CT molecular complexity index is 739. The van der Waals surface area contributed by atoms with Crippen molar-refractivity contribution in [3.8, 4) is 0 Å². The number of rotatable bonds is 8. The molecule has 0 aromatic carbocycles. The van der Waals surface area contributed by atoms with Crippen molar-refractivity contribution in [2.45, 2.75) is 83.7 Å². The Hall–Kier alpha value is -1.92. The van der Waals surface area contributed by atoms with Gasteiger partial charge in [-0.2, -0.15) is 0 Å². The Labute approximate surface area is 178 Å². The standard InChI is InChI=1S/C23H35N3O4/c1-23(2)15-12-26(17(27)11-13-6-4-3-5-7-13)19(18(15)23)22(30)25-16(10-14-8-9-14)20(28)21(24)29/h13-16,18-19H,3-12H2,1-2H3,(H2,24,29)(H,25,30). The van der Waals surface area contributed by atoms with Gasteiger partial charge in [-0.3, -0.25) is 19.2 Å². The molecule has 7 nitrogen and oxygen atoms in total. The van der Waals surface area contributed by atoms with Crippen LogP contribution in [0.5, 0.6) is 0 Å². The highest BCUT2D eigenvalue weighted by atomic mass is 16.2. The molecule has 3 aliphatic carbocycles. The van der Waals surface area contributed by atoms with Crippen LogP contribution in [0.1, 0.15) is 71.6 Å². The lowest BCUT2D eigenvalue weighted by molar-refractivity contribution is -0.143. The minimum absolute atomic E-state index is 0.0172. The molecule has 3 saturated carbocycles. The number of primary amides is 1. The number of ketones is 1.